The van der Waals surface area contributed by atoms with Gasteiger partial charge < -0.3 is 10.6 Å². The van der Waals surface area contributed by atoms with Gasteiger partial charge in [-0.1, -0.05) is 40.0 Å². The van der Waals surface area contributed by atoms with Crippen LogP contribution in [-0.2, 0) is 6.42 Å². The summed E-state index contributed by atoms with van der Waals surface area (Å²) >= 11 is 0. The highest BCUT2D eigenvalue weighted by Crippen LogP contribution is 2.22. The highest BCUT2D eigenvalue weighted by molar-refractivity contribution is 5.57. The molecule has 0 amide bonds. The van der Waals surface area contributed by atoms with E-state index < -0.39 is 0 Å². The standard InChI is InChI=1S/C16H30N4/c1-5-9-11-13(10-6-2)20-16-14(7-3)15(17-8-4)18-12-19-16/h12-13H,5-11H2,1-4H3,(H2,17,18,19,20). The summed E-state index contributed by atoms with van der Waals surface area (Å²) in [5.74, 6) is 1.98. The van der Waals surface area contributed by atoms with Gasteiger partial charge in [-0.3, -0.25) is 0 Å². The van der Waals surface area contributed by atoms with E-state index in [0.717, 1.165) is 24.6 Å². The van der Waals surface area contributed by atoms with Crippen LogP contribution in [0.25, 0.3) is 0 Å². The van der Waals surface area contributed by atoms with Crippen molar-refractivity contribution in [1.82, 2.24) is 9.97 Å². The lowest BCUT2D eigenvalue weighted by Crippen LogP contribution is -2.21. The fraction of sp³-hybridized carbons (Fsp3) is 0.750. The number of hydrogen-bond donors (Lipinski definition) is 2. The van der Waals surface area contributed by atoms with Gasteiger partial charge in [-0.2, -0.15) is 0 Å². The molecule has 20 heavy (non-hydrogen) atoms. The number of hydrogen-bond acceptors (Lipinski definition) is 4. The molecule has 0 spiro atoms. The van der Waals surface area contributed by atoms with Gasteiger partial charge in [0.2, 0.25) is 0 Å². The number of anilines is 2. The quantitative estimate of drug-likeness (QED) is 0.672. The summed E-state index contributed by atoms with van der Waals surface area (Å²) in [6.07, 6.45) is 8.73. The van der Waals surface area contributed by atoms with E-state index in [2.05, 4.69) is 48.3 Å². The van der Waals surface area contributed by atoms with Crippen molar-refractivity contribution in [2.45, 2.75) is 72.3 Å². The van der Waals surface area contributed by atoms with Crippen molar-refractivity contribution < 1.29 is 0 Å². The molecule has 1 heterocycles. The molecule has 0 saturated heterocycles. The molecular formula is C16H30N4. The van der Waals surface area contributed by atoms with E-state index in [-0.39, 0.29) is 0 Å². The van der Waals surface area contributed by atoms with Crippen molar-refractivity contribution in [2.75, 3.05) is 17.2 Å². The van der Waals surface area contributed by atoms with Crippen molar-refractivity contribution in [3.05, 3.63) is 11.9 Å². The van der Waals surface area contributed by atoms with Gasteiger partial charge in [-0.05, 0) is 26.2 Å². The summed E-state index contributed by atoms with van der Waals surface area (Å²) in [5.41, 5.74) is 1.20. The molecule has 1 rings (SSSR count). The highest BCUT2D eigenvalue weighted by atomic mass is 15.1. The van der Waals surface area contributed by atoms with Crippen molar-refractivity contribution in [3.63, 3.8) is 0 Å². The Labute approximate surface area is 123 Å². The third-order valence-electron chi connectivity index (χ3n) is 3.53. The lowest BCUT2D eigenvalue weighted by atomic mass is 10.0. The predicted octanol–water partition coefficient (Wildman–Crippen LogP) is 4.24. The smallest absolute Gasteiger partial charge is 0.134 e. The minimum absolute atomic E-state index is 0.523. The van der Waals surface area contributed by atoms with Gasteiger partial charge in [0.05, 0.1) is 0 Å². The molecule has 0 aliphatic carbocycles. The van der Waals surface area contributed by atoms with Crippen LogP contribution in [0, 0.1) is 0 Å². The molecule has 0 saturated carbocycles. The van der Waals surface area contributed by atoms with E-state index in [0.29, 0.717) is 6.04 Å². The van der Waals surface area contributed by atoms with Crippen molar-refractivity contribution in [1.29, 1.82) is 0 Å². The van der Waals surface area contributed by atoms with Crippen LogP contribution in [0.4, 0.5) is 11.6 Å². The molecule has 0 fully saturated rings. The van der Waals surface area contributed by atoms with Crippen LogP contribution in [-0.4, -0.2) is 22.6 Å². The van der Waals surface area contributed by atoms with Gasteiger partial charge in [0.1, 0.15) is 18.0 Å². The second-order valence-electron chi connectivity index (χ2n) is 5.21. The SMILES string of the molecule is CCCCC(CCC)Nc1ncnc(NCC)c1CC. The summed E-state index contributed by atoms with van der Waals surface area (Å²) < 4.78 is 0. The number of unbranched alkanes of at least 4 members (excludes halogenated alkanes) is 1. The molecule has 1 aromatic rings. The Balaban J connectivity index is 2.84. The van der Waals surface area contributed by atoms with Gasteiger partial charge in [0.25, 0.3) is 0 Å². The first kappa shape index (κ1) is 16.7. The van der Waals surface area contributed by atoms with Crippen molar-refractivity contribution in [2.24, 2.45) is 0 Å². The summed E-state index contributed by atoms with van der Waals surface area (Å²) in [7, 11) is 0. The molecule has 114 valence electrons. The molecule has 4 heteroatoms. The first-order valence-electron chi connectivity index (χ1n) is 8.10. The van der Waals surface area contributed by atoms with Crippen LogP contribution >= 0.6 is 0 Å². The maximum Gasteiger partial charge on any atom is 0.134 e. The molecular weight excluding hydrogens is 248 g/mol. The number of nitrogens with zero attached hydrogens (tertiary/aromatic N) is 2. The van der Waals surface area contributed by atoms with Crippen LogP contribution < -0.4 is 10.6 Å². The fourth-order valence-electron chi connectivity index (χ4n) is 2.47. The van der Waals surface area contributed by atoms with Crippen LogP contribution in [0.3, 0.4) is 0 Å². The van der Waals surface area contributed by atoms with Gasteiger partial charge in [0, 0.05) is 18.2 Å². The van der Waals surface area contributed by atoms with E-state index in [9.17, 15) is 0 Å². The second kappa shape index (κ2) is 9.56. The summed E-state index contributed by atoms with van der Waals surface area (Å²) in [6.45, 7) is 9.62. The molecule has 2 N–H and O–H groups in total. The van der Waals surface area contributed by atoms with Gasteiger partial charge in [0.15, 0.2) is 0 Å². The Hall–Kier alpha value is -1.32. The molecule has 0 bridgehead atoms. The summed E-state index contributed by atoms with van der Waals surface area (Å²) in [5, 5.41) is 6.97. The lowest BCUT2D eigenvalue weighted by molar-refractivity contribution is 0.562. The van der Waals surface area contributed by atoms with E-state index >= 15 is 0 Å². The highest BCUT2D eigenvalue weighted by Gasteiger charge is 2.13. The molecule has 1 aromatic heterocycles. The Kier molecular flexibility index (Phi) is 8.00. The Bertz CT molecular complexity index is 379. The fourth-order valence-corrected chi connectivity index (χ4v) is 2.47. The van der Waals surface area contributed by atoms with Crippen molar-refractivity contribution in [3.8, 4) is 0 Å². The maximum atomic E-state index is 4.46. The normalized spacial score (nSPS) is 12.2. The number of nitrogens with one attached hydrogen (secondary N) is 2. The predicted molar refractivity (Wildman–Crippen MR) is 87.4 cm³/mol. The van der Waals surface area contributed by atoms with Crippen molar-refractivity contribution >= 4 is 11.6 Å². The molecule has 0 aromatic carbocycles. The average Bonchev–Trinajstić information content (AvgIpc) is 2.45. The van der Waals surface area contributed by atoms with Gasteiger partial charge in [-0.15, -0.1) is 0 Å². The first-order valence-corrected chi connectivity index (χ1v) is 8.10. The minimum Gasteiger partial charge on any atom is -0.370 e. The number of rotatable bonds is 10. The molecule has 4 nitrogen and oxygen atoms in total. The van der Waals surface area contributed by atoms with Crippen LogP contribution in [0.2, 0.25) is 0 Å². The lowest BCUT2D eigenvalue weighted by Gasteiger charge is -2.21. The zero-order valence-corrected chi connectivity index (χ0v) is 13.5. The van der Waals surface area contributed by atoms with Crippen LogP contribution in [0.5, 0.6) is 0 Å². The monoisotopic (exact) mass is 278 g/mol. The molecule has 0 radical (unpaired) electrons. The van der Waals surface area contributed by atoms with Gasteiger partial charge >= 0.3 is 0 Å². The zero-order valence-electron chi connectivity index (χ0n) is 13.5. The second-order valence-corrected chi connectivity index (χ2v) is 5.21. The largest absolute Gasteiger partial charge is 0.370 e. The Morgan fingerprint density at radius 3 is 2.35 bits per heavy atom. The molecule has 1 unspecified atom stereocenters. The first-order chi connectivity index (χ1) is 9.76. The third-order valence-corrected chi connectivity index (χ3v) is 3.53. The van der Waals surface area contributed by atoms with E-state index in [4.69, 9.17) is 0 Å². The topological polar surface area (TPSA) is 49.8 Å². The maximum absolute atomic E-state index is 4.46. The molecule has 1 atom stereocenters. The van der Waals surface area contributed by atoms with E-state index in [1.165, 1.54) is 37.7 Å². The number of aromatic nitrogens is 2. The summed E-state index contributed by atoms with van der Waals surface area (Å²) in [4.78, 5) is 8.81. The minimum atomic E-state index is 0.523. The summed E-state index contributed by atoms with van der Waals surface area (Å²) in [6, 6.07) is 0.523. The van der Waals surface area contributed by atoms with Crippen LogP contribution in [0.15, 0.2) is 6.33 Å². The molecule has 0 aliphatic heterocycles. The Morgan fingerprint density at radius 1 is 1.00 bits per heavy atom. The molecule has 0 aliphatic rings. The Morgan fingerprint density at radius 2 is 1.75 bits per heavy atom. The zero-order chi connectivity index (χ0) is 14.8. The van der Waals surface area contributed by atoms with Crippen LogP contribution in [0.1, 0.15) is 65.4 Å². The van der Waals surface area contributed by atoms with E-state index in [1.54, 1.807) is 6.33 Å². The average molecular weight is 278 g/mol. The third kappa shape index (κ3) is 4.99. The van der Waals surface area contributed by atoms with E-state index in [1.807, 2.05) is 0 Å². The van der Waals surface area contributed by atoms with Gasteiger partial charge in [-0.25, -0.2) is 9.97 Å².